The Balaban J connectivity index is 2.60. The predicted octanol–water partition coefficient (Wildman–Crippen LogP) is 1.81. The lowest BCUT2D eigenvalue weighted by Gasteiger charge is -2.03. The summed E-state index contributed by atoms with van der Waals surface area (Å²) in [5, 5.41) is 1.01. The third kappa shape index (κ3) is 1.83. The summed E-state index contributed by atoms with van der Waals surface area (Å²) in [5.74, 6) is 1.60. The molecule has 0 spiro atoms. The lowest BCUT2D eigenvalue weighted by atomic mass is 10.3. The molecule has 0 aliphatic rings. The number of benzene rings is 1. The smallest absolute Gasteiger partial charge is 0.146 e. The lowest BCUT2D eigenvalue weighted by molar-refractivity contribution is 0.410. The lowest BCUT2D eigenvalue weighted by Crippen LogP contribution is -2.01. The van der Waals surface area contributed by atoms with Crippen molar-refractivity contribution >= 4 is 21.6 Å². The van der Waals surface area contributed by atoms with E-state index < -0.39 is 0 Å². The number of aromatic nitrogens is 1. The fourth-order valence-corrected chi connectivity index (χ4v) is 2.65. The Hall–Kier alpha value is -1.33. The first-order chi connectivity index (χ1) is 7.80. The van der Waals surface area contributed by atoms with Crippen LogP contribution >= 0.6 is 11.3 Å². The van der Waals surface area contributed by atoms with E-state index in [1.165, 1.54) is 0 Å². The Morgan fingerprint density at radius 1 is 1.25 bits per heavy atom. The van der Waals surface area contributed by atoms with Crippen molar-refractivity contribution < 1.29 is 9.47 Å². The maximum atomic E-state index is 5.53. The molecule has 0 aliphatic carbocycles. The van der Waals surface area contributed by atoms with Crippen LogP contribution in [0.2, 0.25) is 0 Å². The predicted molar refractivity (Wildman–Crippen MR) is 65.5 cm³/mol. The van der Waals surface area contributed by atoms with Crippen molar-refractivity contribution in [3.63, 3.8) is 0 Å². The van der Waals surface area contributed by atoms with Crippen LogP contribution in [0.3, 0.4) is 0 Å². The molecule has 5 heteroatoms. The fourth-order valence-electron chi connectivity index (χ4n) is 1.56. The van der Waals surface area contributed by atoms with Crippen LogP contribution in [0.1, 0.15) is 5.01 Å². The molecular weight excluding hydrogens is 224 g/mol. The topological polar surface area (TPSA) is 57.4 Å². The van der Waals surface area contributed by atoms with Crippen molar-refractivity contribution in [2.45, 2.75) is 6.42 Å². The van der Waals surface area contributed by atoms with E-state index in [0.717, 1.165) is 33.1 Å². The van der Waals surface area contributed by atoms with E-state index in [1.807, 2.05) is 12.1 Å². The Labute approximate surface area is 98.0 Å². The molecule has 0 bridgehead atoms. The summed E-state index contributed by atoms with van der Waals surface area (Å²) in [5.41, 5.74) is 6.38. The molecule has 1 aromatic heterocycles. The zero-order chi connectivity index (χ0) is 11.5. The van der Waals surface area contributed by atoms with Crippen molar-refractivity contribution in [3.05, 3.63) is 17.1 Å². The first kappa shape index (κ1) is 11.2. The highest BCUT2D eigenvalue weighted by molar-refractivity contribution is 7.19. The van der Waals surface area contributed by atoms with Gasteiger partial charge in [0.2, 0.25) is 0 Å². The number of nitrogens with zero attached hydrogens (tertiary/aromatic N) is 1. The molecule has 1 heterocycles. The highest BCUT2D eigenvalue weighted by Gasteiger charge is 2.12. The molecule has 0 saturated heterocycles. The van der Waals surface area contributed by atoms with Crippen LogP contribution in [0.4, 0.5) is 0 Å². The Morgan fingerprint density at radius 3 is 2.56 bits per heavy atom. The molecule has 0 fully saturated rings. The number of ether oxygens (including phenoxy) is 2. The van der Waals surface area contributed by atoms with Gasteiger partial charge in [-0.3, -0.25) is 0 Å². The molecule has 0 radical (unpaired) electrons. The summed E-state index contributed by atoms with van der Waals surface area (Å²) in [6, 6.07) is 3.76. The molecule has 0 saturated carbocycles. The highest BCUT2D eigenvalue weighted by atomic mass is 32.1. The van der Waals surface area contributed by atoms with Gasteiger partial charge >= 0.3 is 0 Å². The van der Waals surface area contributed by atoms with Crippen molar-refractivity contribution in [1.29, 1.82) is 0 Å². The van der Waals surface area contributed by atoms with E-state index in [0.29, 0.717) is 6.54 Å². The van der Waals surface area contributed by atoms with E-state index >= 15 is 0 Å². The molecule has 1 aromatic carbocycles. The Bertz CT molecular complexity index is 455. The van der Waals surface area contributed by atoms with E-state index in [2.05, 4.69) is 4.98 Å². The Kier molecular flexibility index (Phi) is 3.26. The molecule has 2 aromatic rings. The van der Waals surface area contributed by atoms with Gasteiger partial charge in [0.25, 0.3) is 0 Å². The maximum Gasteiger partial charge on any atom is 0.146 e. The second-order valence-corrected chi connectivity index (χ2v) is 4.38. The first-order valence-corrected chi connectivity index (χ1v) is 5.82. The van der Waals surface area contributed by atoms with Gasteiger partial charge in [0.15, 0.2) is 0 Å². The molecule has 0 unspecified atom stereocenters. The summed E-state index contributed by atoms with van der Waals surface area (Å²) in [6.07, 6.45) is 0.783. The SMILES string of the molecule is COc1ccc(OC)c2sc(CCN)nc12. The van der Waals surface area contributed by atoms with Gasteiger partial charge in [-0.15, -0.1) is 11.3 Å². The van der Waals surface area contributed by atoms with Crippen LogP contribution in [0.25, 0.3) is 10.2 Å². The molecule has 86 valence electrons. The minimum absolute atomic E-state index is 0.602. The number of rotatable bonds is 4. The minimum Gasteiger partial charge on any atom is -0.495 e. The van der Waals surface area contributed by atoms with Crippen LogP contribution in [-0.4, -0.2) is 25.7 Å². The number of fused-ring (bicyclic) bond motifs is 1. The second kappa shape index (κ2) is 4.67. The number of hydrogen-bond acceptors (Lipinski definition) is 5. The van der Waals surface area contributed by atoms with Crippen LogP contribution in [0, 0.1) is 0 Å². The molecule has 4 nitrogen and oxygen atoms in total. The zero-order valence-electron chi connectivity index (χ0n) is 9.32. The van der Waals surface area contributed by atoms with Crippen molar-refractivity contribution in [2.75, 3.05) is 20.8 Å². The summed E-state index contributed by atoms with van der Waals surface area (Å²) >= 11 is 1.61. The maximum absolute atomic E-state index is 5.53. The summed E-state index contributed by atoms with van der Waals surface area (Å²) in [7, 11) is 3.30. The molecule has 2 N–H and O–H groups in total. The van der Waals surface area contributed by atoms with E-state index in [-0.39, 0.29) is 0 Å². The van der Waals surface area contributed by atoms with Gasteiger partial charge in [-0.05, 0) is 18.7 Å². The van der Waals surface area contributed by atoms with E-state index in [4.69, 9.17) is 15.2 Å². The number of methoxy groups -OCH3 is 2. The molecule has 2 rings (SSSR count). The van der Waals surface area contributed by atoms with Gasteiger partial charge in [-0.2, -0.15) is 0 Å². The van der Waals surface area contributed by atoms with Crippen molar-refractivity contribution in [3.8, 4) is 11.5 Å². The molecular formula is C11H14N2O2S. The fraction of sp³-hybridized carbons (Fsp3) is 0.364. The number of thiazole rings is 1. The monoisotopic (exact) mass is 238 g/mol. The molecule has 0 aliphatic heterocycles. The summed E-state index contributed by atoms with van der Waals surface area (Å²) < 4.78 is 11.6. The van der Waals surface area contributed by atoms with Crippen molar-refractivity contribution in [1.82, 2.24) is 4.98 Å². The van der Waals surface area contributed by atoms with Crippen molar-refractivity contribution in [2.24, 2.45) is 5.73 Å². The first-order valence-electron chi connectivity index (χ1n) is 5.00. The van der Waals surface area contributed by atoms with Gasteiger partial charge < -0.3 is 15.2 Å². The van der Waals surface area contributed by atoms with Gasteiger partial charge in [0.05, 0.1) is 19.2 Å². The quantitative estimate of drug-likeness (QED) is 0.882. The third-order valence-corrected chi connectivity index (χ3v) is 3.44. The summed E-state index contributed by atoms with van der Waals surface area (Å²) in [4.78, 5) is 4.52. The largest absolute Gasteiger partial charge is 0.495 e. The Morgan fingerprint density at radius 2 is 1.94 bits per heavy atom. The average Bonchev–Trinajstić information content (AvgIpc) is 2.71. The second-order valence-electron chi connectivity index (χ2n) is 3.29. The third-order valence-electron chi connectivity index (χ3n) is 2.31. The number of nitrogens with two attached hydrogens (primary N) is 1. The molecule has 16 heavy (non-hydrogen) atoms. The van der Waals surface area contributed by atoms with Crippen LogP contribution in [0.15, 0.2) is 12.1 Å². The average molecular weight is 238 g/mol. The molecule has 0 amide bonds. The van der Waals surface area contributed by atoms with Crippen LogP contribution in [-0.2, 0) is 6.42 Å². The highest BCUT2D eigenvalue weighted by Crippen LogP contribution is 2.36. The standard InChI is InChI=1S/C11H14N2O2S/c1-14-7-3-4-8(15-2)11-10(7)13-9(16-11)5-6-12/h3-4H,5-6,12H2,1-2H3. The normalized spacial score (nSPS) is 10.7. The van der Waals surface area contributed by atoms with Gasteiger partial charge in [-0.25, -0.2) is 4.98 Å². The number of hydrogen-bond donors (Lipinski definition) is 1. The van der Waals surface area contributed by atoms with Gasteiger partial charge in [-0.1, -0.05) is 0 Å². The molecule has 0 atom stereocenters. The van der Waals surface area contributed by atoms with Crippen LogP contribution in [0.5, 0.6) is 11.5 Å². The van der Waals surface area contributed by atoms with E-state index in [1.54, 1.807) is 25.6 Å². The van der Waals surface area contributed by atoms with Gasteiger partial charge in [0, 0.05) is 6.42 Å². The zero-order valence-corrected chi connectivity index (χ0v) is 10.1. The minimum atomic E-state index is 0.602. The summed E-state index contributed by atoms with van der Waals surface area (Å²) in [6.45, 7) is 0.602. The van der Waals surface area contributed by atoms with Gasteiger partial charge in [0.1, 0.15) is 21.7 Å². The van der Waals surface area contributed by atoms with Crippen LogP contribution < -0.4 is 15.2 Å². The van der Waals surface area contributed by atoms with E-state index in [9.17, 15) is 0 Å².